The van der Waals surface area contributed by atoms with Crippen molar-refractivity contribution in [3.05, 3.63) is 23.8 Å². The molecule has 1 aromatic carbocycles. The first-order valence-corrected chi connectivity index (χ1v) is 7.03. The summed E-state index contributed by atoms with van der Waals surface area (Å²) in [7, 11) is 3.16. The average molecular weight is 294 g/mol. The number of benzene rings is 1. The molecule has 0 spiro atoms. The van der Waals surface area contributed by atoms with Gasteiger partial charge < -0.3 is 24.8 Å². The molecule has 1 saturated heterocycles. The van der Waals surface area contributed by atoms with Crippen LogP contribution in [0.3, 0.4) is 0 Å². The lowest BCUT2D eigenvalue weighted by molar-refractivity contribution is -0.121. The molecule has 0 bridgehead atoms. The van der Waals surface area contributed by atoms with Gasteiger partial charge in [0.2, 0.25) is 5.91 Å². The van der Waals surface area contributed by atoms with E-state index < -0.39 is 0 Å². The van der Waals surface area contributed by atoms with E-state index in [9.17, 15) is 4.79 Å². The number of hydrogen-bond acceptors (Lipinski definition) is 5. The molecule has 0 saturated carbocycles. The van der Waals surface area contributed by atoms with Crippen LogP contribution in [0, 0.1) is 0 Å². The molecule has 2 N–H and O–H groups in total. The zero-order chi connectivity index (χ0) is 15.1. The SMILES string of the molecule is COc1ccc(CC(=O)NCC2CNCCO2)cc1OC. The number of methoxy groups -OCH3 is 2. The zero-order valence-corrected chi connectivity index (χ0v) is 12.5. The van der Waals surface area contributed by atoms with E-state index in [1.54, 1.807) is 20.3 Å². The third-order valence-corrected chi connectivity index (χ3v) is 3.34. The topological polar surface area (TPSA) is 68.8 Å². The smallest absolute Gasteiger partial charge is 0.224 e. The van der Waals surface area contributed by atoms with Crippen molar-refractivity contribution >= 4 is 5.91 Å². The average Bonchev–Trinajstić information content (AvgIpc) is 2.53. The molecule has 1 amide bonds. The van der Waals surface area contributed by atoms with Gasteiger partial charge in [-0.25, -0.2) is 0 Å². The van der Waals surface area contributed by atoms with E-state index in [-0.39, 0.29) is 12.0 Å². The van der Waals surface area contributed by atoms with Crippen LogP contribution in [0.15, 0.2) is 18.2 Å². The lowest BCUT2D eigenvalue weighted by Gasteiger charge is -2.23. The fourth-order valence-electron chi connectivity index (χ4n) is 2.22. The second-order valence-corrected chi connectivity index (χ2v) is 4.87. The van der Waals surface area contributed by atoms with Gasteiger partial charge in [-0.05, 0) is 17.7 Å². The Hall–Kier alpha value is -1.79. The van der Waals surface area contributed by atoms with Gasteiger partial charge in [-0.3, -0.25) is 4.79 Å². The van der Waals surface area contributed by atoms with Gasteiger partial charge in [0.25, 0.3) is 0 Å². The van der Waals surface area contributed by atoms with Gasteiger partial charge in [0.15, 0.2) is 11.5 Å². The van der Waals surface area contributed by atoms with Crippen molar-refractivity contribution in [2.24, 2.45) is 0 Å². The third kappa shape index (κ3) is 4.61. The molecule has 1 heterocycles. The molecule has 0 radical (unpaired) electrons. The molecule has 2 rings (SSSR count). The maximum Gasteiger partial charge on any atom is 0.224 e. The molecule has 1 aliphatic rings. The van der Waals surface area contributed by atoms with Crippen molar-refractivity contribution in [2.75, 3.05) is 40.5 Å². The Morgan fingerprint density at radius 3 is 2.86 bits per heavy atom. The second kappa shape index (κ2) is 7.85. The Balaban J connectivity index is 1.84. The van der Waals surface area contributed by atoms with E-state index in [1.807, 2.05) is 12.1 Å². The summed E-state index contributed by atoms with van der Waals surface area (Å²) in [5.74, 6) is 1.25. The quantitative estimate of drug-likeness (QED) is 0.792. The molecule has 1 aliphatic heterocycles. The Morgan fingerprint density at radius 1 is 1.38 bits per heavy atom. The molecule has 0 aromatic heterocycles. The highest BCUT2D eigenvalue weighted by molar-refractivity contribution is 5.78. The van der Waals surface area contributed by atoms with E-state index in [1.165, 1.54) is 0 Å². The first kappa shape index (κ1) is 15.6. The predicted molar refractivity (Wildman–Crippen MR) is 78.9 cm³/mol. The van der Waals surface area contributed by atoms with Crippen LogP contribution in [0.2, 0.25) is 0 Å². The van der Waals surface area contributed by atoms with Crippen LogP contribution in [0.4, 0.5) is 0 Å². The minimum absolute atomic E-state index is 0.0311. The number of hydrogen-bond donors (Lipinski definition) is 2. The van der Waals surface area contributed by atoms with E-state index in [0.29, 0.717) is 31.1 Å². The van der Waals surface area contributed by atoms with E-state index in [0.717, 1.165) is 18.7 Å². The van der Waals surface area contributed by atoms with Crippen molar-refractivity contribution in [1.29, 1.82) is 0 Å². The van der Waals surface area contributed by atoms with Gasteiger partial charge in [-0.2, -0.15) is 0 Å². The highest BCUT2D eigenvalue weighted by atomic mass is 16.5. The summed E-state index contributed by atoms with van der Waals surface area (Å²) < 4.78 is 15.9. The van der Waals surface area contributed by atoms with Gasteiger partial charge in [-0.1, -0.05) is 6.07 Å². The molecule has 1 fully saturated rings. The van der Waals surface area contributed by atoms with Gasteiger partial charge in [0.05, 0.1) is 33.4 Å². The van der Waals surface area contributed by atoms with Crippen LogP contribution in [0.1, 0.15) is 5.56 Å². The Kier molecular flexibility index (Phi) is 5.83. The molecule has 21 heavy (non-hydrogen) atoms. The standard InChI is InChI=1S/C15H22N2O4/c1-19-13-4-3-11(7-14(13)20-2)8-15(18)17-10-12-9-16-5-6-21-12/h3-4,7,12,16H,5-6,8-10H2,1-2H3,(H,17,18). The summed E-state index contributed by atoms with van der Waals surface area (Å²) in [6.07, 6.45) is 0.355. The van der Waals surface area contributed by atoms with Gasteiger partial charge >= 0.3 is 0 Å². The predicted octanol–water partition coefficient (Wildman–Crippen LogP) is 0.351. The van der Waals surface area contributed by atoms with Crippen molar-refractivity contribution in [2.45, 2.75) is 12.5 Å². The molecular weight excluding hydrogens is 272 g/mol. The minimum atomic E-state index is -0.0311. The van der Waals surface area contributed by atoms with Gasteiger partial charge in [0.1, 0.15) is 0 Å². The number of morpholine rings is 1. The molecule has 116 valence electrons. The third-order valence-electron chi connectivity index (χ3n) is 3.34. The maximum atomic E-state index is 12.0. The molecular formula is C15H22N2O4. The summed E-state index contributed by atoms with van der Waals surface area (Å²) in [6.45, 7) is 2.86. The molecule has 0 aliphatic carbocycles. The van der Waals surface area contributed by atoms with Crippen LogP contribution in [0.5, 0.6) is 11.5 Å². The van der Waals surface area contributed by atoms with Crippen LogP contribution in [-0.2, 0) is 16.0 Å². The summed E-state index contributed by atoms with van der Waals surface area (Å²) in [4.78, 5) is 12.0. The lowest BCUT2D eigenvalue weighted by Crippen LogP contribution is -2.45. The molecule has 1 unspecified atom stereocenters. The lowest BCUT2D eigenvalue weighted by atomic mass is 10.1. The van der Waals surface area contributed by atoms with E-state index in [4.69, 9.17) is 14.2 Å². The second-order valence-electron chi connectivity index (χ2n) is 4.87. The van der Waals surface area contributed by atoms with Crippen molar-refractivity contribution in [3.63, 3.8) is 0 Å². The molecule has 1 aromatic rings. The van der Waals surface area contributed by atoms with Gasteiger partial charge in [-0.15, -0.1) is 0 Å². The zero-order valence-electron chi connectivity index (χ0n) is 12.5. The highest BCUT2D eigenvalue weighted by Gasteiger charge is 2.14. The fraction of sp³-hybridized carbons (Fsp3) is 0.533. The van der Waals surface area contributed by atoms with E-state index >= 15 is 0 Å². The summed E-state index contributed by atoms with van der Waals surface area (Å²) in [5, 5.41) is 6.12. The highest BCUT2D eigenvalue weighted by Crippen LogP contribution is 2.27. The van der Waals surface area contributed by atoms with Crippen LogP contribution in [-0.4, -0.2) is 52.5 Å². The summed E-state index contributed by atoms with van der Waals surface area (Å²) in [5.41, 5.74) is 0.882. The van der Waals surface area contributed by atoms with Crippen molar-refractivity contribution in [3.8, 4) is 11.5 Å². The van der Waals surface area contributed by atoms with Crippen molar-refractivity contribution < 1.29 is 19.0 Å². The minimum Gasteiger partial charge on any atom is -0.493 e. The van der Waals surface area contributed by atoms with Crippen LogP contribution in [0.25, 0.3) is 0 Å². The number of carbonyl (C=O) groups is 1. The first-order chi connectivity index (χ1) is 10.2. The number of rotatable bonds is 6. The van der Waals surface area contributed by atoms with Crippen molar-refractivity contribution in [1.82, 2.24) is 10.6 Å². The number of amides is 1. The Bertz CT molecular complexity index is 473. The summed E-state index contributed by atoms with van der Waals surface area (Å²) in [6, 6.07) is 5.48. The number of ether oxygens (including phenoxy) is 3. The molecule has 6 nitrogen and oxygen atoms in total. The Morgan fingerprint density at radius 2 is 2.19 bits per heavy atom. The van der Waals surface area contributed by atoms with Gasteiger partial charge in [0, 0.05) is 19.6 Å². The normalized spacial score (nSPS) is 18.1. The monoisotopic (exact) mass is 294 g/mol. The maximum absolute atomic E-state index is 12.0. The van der Waals surface area contributed by atoms with Crippen LogP contribution >= 0.6 is 0 Å². The molecule has 6 heteroatoms. The number of nitrogens with one attached hydrogen (secondary N) is 2. The number of carbonyl (C=O) groups excluding carboxylic acids is 1. The van der Waals surface area contributed by atoms with E-state index in [2.05, 4.69) is 10.6 Å². The Labute approximate surface area is 124 Å². The largest absolute Gasteiger partial charge is 0.493 e. The fourth-order valence-corrected chi connectivity index (χ4v) is 2.22. The summed E-state index contributed by atoms with van der Waals surface area (Å²) >= 11 is 0. The first-order valence-electron chi connectivity index (χ1n) is 7.03. The molecule has 1 atom stereocenters. The van der Waals surface area contributed by atoms with Crippen LogP contribution < -0.4 is 20.1 Å².